The molecule has 1 N–H and O–H groups in total. The molecule has 0 aliphatic heterocycles. The lowest BCUT2D eigenvalue weighted by Crippen LogP contribution is -2.71. The average molecular weight is 571 g/mol. The normalized spacial score (nSPS) is 14.1. The van der Waals surface area contributed by atoms with Crippen LogP contribution in [0.2, 0.25) is 0 Å². The second kappa shape index (κ2) is 9.98. The molecule has 4 nitrogen and oxygen atoms in total. The van der Waals surface area contributed by atoms with Gasteiger partial charge in [-0.05, 0) is 29.8 Å². The van der Waals surface area contributed by atoms with Crippen LogP contribution in [0.3, 0.4) is 0 Å². The first kappa shape index (κ1) is 30.7. The first-order valence-electron chi connectivity index (χ1n) is 9.81. The van der Waals surface area contributed by atoms with Gasteiger partial charge in [0.05, 0.1) is 6.21 Å². The number of hydrogen-bond acceptors (Lipinski definition) is 3. The lowest BCUT2D eigenvalue weighted by atomic mass is 9.93. The van der Waals surface area contributed by atoms with E-state index in [9.17, 15) is 61.9 Å². The largest absolute Gasteiger partial charge is 0.460 e. The van der Waals surface area contributed by atoms with Gasteiger partial charge in [0.2, 0.25) is 0 Å². The fraction of sp³-hybridized carbons (Fsp3) is 0.333. The van der Waals surface area contributed by atoms with Crippen molar-refractivity contribution in [2.75, 3.05) is 11.9 Å². The molecule has 17 heteroatoms. The minimum absolute atomic E-state index is 0.00673. The van der Waals surface area contributed by atoms with Gasteiger partial charge in [0, 0.05) is 18.4 Å². The fourth-order valence-corrected chi connectivity index (χ4v) is 2.73. The van der Waals surface area contributed by atoms with E-state index in [0.29, 0.717) is 17.3 Å². The van der Waals surface area contributed by atoms with Crippen molar-refractivity contribution in [3.8, 4) is 0 Å². The van der Waals surface area contributed by atoms with Gasteiger partial charge in [-0.1, -0.05) is 30.3 Å². The zero-order valence-electron chi connectivity index (χ0n) is 18.5. The molecule has 0 unspecified atom stereocenters. The van der Waals surface area contributed by atoms with Gasteiger partial charge < -0.3 is 4.90 Å². The highest BCUT2D eigenvalue weighted by Gasteiger charge is 2.91. The van der Waals surface area contributed by atoms with E-state index in [1.165, 1.54) is 24.3 Å². The summed E-state index contributed by atoms with van der Waals surface area (Å²) in [6, 6.07) is 14.2. The summed E-state index contributed by atoms with van der Waals surface area (Å²) in [5.74, 6) is -42.2. The van der Waals surface area contributed by atoms with Gasteiger partial charge in [0.15, 0.2) is 0 Å². The molecule has 0 atom stereocenters. The van der Waals surface area contributed by atoms with Crippen molar-refractivity contribution < 1.29 is 61.9 Å². The number of anilines is 2. The highest BCUT2D eigenvalue weighted by atomic mass is 19.4. The van der Waals surface area contributed by atoms with Crippen LogP contribution >= 0.6 is 0 Å². The number of hydrazone groups is 1. The van der Waals surface area contributed by atoms with Gasteiger partial charge >= 0.3 is 41.7 Å². The second-order valence-corrected chi connectivity index (χ2v) is 7.55. The van der Waals surface area contributed by atoms with Crippen LogP contribution in [-0.2, 0) is 4.79 Å². The summed E-state index contributed by atoms with van der Waals surface area (Å²) in [4.78, 5) is 13.1. The van der Waals surface area contributed by atoms with Gasteiger partial charge in [0.1, 0.15) is 0 Å². The van der Waals surface area contributed by atoms with Crippen LogP contribution < -0.4 is 10.3 Å². The molecule has 2 aromatic carbocycles. The maximum Gasteiger partial charge on any atom is 0.460 e. The lowest BCUT2D eigenvalue weighted by Gasteiger charge is -2.38. The number of carbonyl (C=O) groups is 1. The van der Waals surface area contributed by atoms with Gasteiger partial charge in [-0.25, -0.2) is 5.43 Å². The Labute approximate surface area is 204 Å². The molecule has 1 amide bonds. The average Bonchev–Trinajstić information content (AvgIpc) is 2.83. The zero-order chi connectivity index (χ0) is 29.4. The maximum atomic E-state index is 13.8. The second-order valence-electron chi connectivity index (χ2n) is 7.55. The Morgan fingerprint density at radius 3 is 1.61 bits per heavy atom. The number of nitrogens with zero attached hydrogens (tertiary/aromatic N) is 2. The van der Waals surface area contributed by atoms with E-state index in [1.807, 2.05) is 0 Å². The number of rotatable bonds is 9. The van der Waals surface area contributed by atoms with E-state index in [0.717, 1.165) is 5.69 Å². The van der Waals surface area contributed by atoms with Crippen LogP contribution in [0.5, 0.6) is 0 Å². The first-order valence-corrected chi connectivity index (χ1v) is 9.81. The molecule has 0 radical (unpaired) electrons. The van der Waals surface area contributed by atoms with E-state index in [2.05, 4.69) is 5.10 Å². The summed E-state index contributed by atoms with van der Waals surface area (Å²) >= 11 is 0. The van der Waals surface area contributed by atoms with Gasteiger partial charge in [-0.2, -0.15) is 62.2 Å². The topological polar surface area (TPSA) is 44.7 Å². The Morgan fingerprint density at radius 1 is 0.684 bits per heavy atom. The van der Waals surface area contributed by atoms with Crippen LogP contribution in [0.4, 0.5) is 68.5 Å². The van der Waals surface area contributed by atoms with Crippen molar-refractivity contribution in [1.29, 1.82) is 0 Å². The molecule has 0 saturated carbocycles. The molecule has 2 aromatic rings. The predicted molar refractivity (Wildman–Crippen MR) is 107 cm³/mol. The Morgan fingerprint density at radius 2 is 1.13 bits per heavy atom. The minimum Gasteiger partial charge on any atom is -0.345 e. The molecule has 0 saturated heterocycles. The number of benzene rings is 2. The van der Waals surface area contributed by atoms with Gasteiger partial charge in [0.25, 0.3) is 0 Å². The number of para-hydroxylation sites is 1. The van der Waals surface area contributed by atoms with Crippen molar-refractivity contribution in [2.45, 2.75) is 35.8 Å². The zero-order valence-corrected chi connectivity index (χ0v) is 18.5. The van der Waals surface area contributed by atoms with Gasteiger partial charge in [-0.3, -0.25) is 4.79 Å². The van der Waals surface area contributed by atoms with Crippen molar-refractivity contribution in [3.05, 3.63) is 60.2 Å². The summed E-state index contributed by atoms with van der Waals surface area (Å²) in [5, 5.41) is 2.77. The molecule has 0 aromatic heterocycles. The van der Waals surface area contributed by atoms with Crippen LogP contribution in [0.1, 0.15) is 5.56 Å². The summed E-state index contributed by atoms with van der Waals surface area (Å²) in [7, 11) is 1.67. The Hall–Kier alpha value is -3.53. The molecule has 210 valence electrons. The number of carbonyl (C=O) groups excluding carboxylic acids is 1. The third kappa shape index (κ3) is 5.09. The Bertz CT molecular complexity index is 1150. The van der Waals surface area contributed by atoms with E-state index in [-0.39, 0.29) is 5.56 Å². The molecule has 38 heavy (non-hydrogen) atoms. The number of alkyl halides is 13. The molecule has 0 heterocycles. The van der Waals surface area contributed by atoms with Crippen molar-refractivity contribution in [2.24, 2.45) is 5.10 Å². The fourth-order valence-electron chi connectivity index (χ4n) is 2.73. The van der Waals surface area contributed by atoms with Crippen LogP contribution in [0.15, 0.2) is 59.7 Å². The number of halogens is 13. The number of amides is 1. The first-order chi connectivity index (χ1) is 17.1. The summed E-state index contributed by atoms with van der Waals surface area (Å²) in [6.07, 6.45) is -7.01. The summed E-state index contributed by atoms with van der Waals surface area (Å²) in [5.41, 5.74) is 1.96. The Kier molecular flexibility index (Phi) is 8.06. The summed E-state index contributed by atoms with van der Waals surface area (Å²) < 4.78 is 170. The number of nitrogens with one attached hydrogen (secondary N) is 1. The smallest absolute Gasteiger partial charge is 0.345 e. The third-order valence-corrected chi connectivity index (χ3v) is 5.02. The van der Waals surface area contributed by atoms with Crippen LogP contribution in [0.25, 0.3) is 0 Å². The van der Waals surface area contributed by atoms with E-state index in [1.54, 1.807) is 42.3 Å². The molecule has 2 rings (SSSR count). The van der Waals surface area contributed by atoms with Crippen molar-refractivity contribution >= 4 is 23.5 Å². The van der Waals surface area contributed by atoms with Gasteiger partial charge in [-0.15, -0.1) is 0 Å². The van der Waals surface area contributed by atoms with E-state index >= 15 is 0 Å². The van der Waals surface area contributed by atoms with E-state index < -0.39 is 41.7 Å². The maximum absolute atomic E-state index is 13.8. The molecule has 0 bridgehead atoms. The van der Waals surface area contributed by atoms with Crippen molar-refractivity contribution in [1.82, 2.24) is 5.43 Å². The highest BCUT2D eigenvalue weighted by Crippen LogP contribution is 2.60. The highest BCUT2D eigenvalue weighted by molar-refractivity contribution is 5.87. The molecular weight excluding hydrogens is 557 g/mol. The Balaban J connectivity index is 2.20. The SMILES string of the molecule is CN(c1ccccc1)c1ccc(/C=N/NC(=O)C(F)(F)C(F)(F)C(F)(F)C(F)(F)C(F)(F)C(F)(F)F)cc1. The standard InChI is InChI=1S/C21H14F13N3O/c1-37(13-5-3-2-4-6-13)14-9-7-12(8-10-14)11-35-36-15(38)16(22,23)17(24,25)18(26,27)19(28,29)20(30,31)21(32,33)34/h2-11H,1H3,(H,36,38)/b35-11+. The third-order valence-electron chi connectivity index (χ3n) is 5.02. The minimum atomic E-state index is -8.09. The van der Waals surface area contributed by atoms with Crippen LogP contribution in [-0.4, -0.2) is 55.0 Å². The monoisotopic (exact) mass is 571 g/mol. The lowest BCUT2D eigenvalue weighted by molar-refractivity contribution is -0.436. The molecule has 0 aliphatic carbocycles. The summed E-state index contributed by atoms with van der Waals surface area (Å²) in [6.45, 7) is 0. The molecule has 0 spiro atoms. The number of hydrogen-bond donors (Lipinski definition) is 1. The van der Waals surface area contributed by atoms with E-state index in [4.69, 9.17) is 0 Å². The van der Waals surface area contributed by atoms with Crippen molar-refractivity contribution in [3.63, 3.8) is 0 Å². The predicted octanol–water partition coefficient (Wildman–Crippen LogP) is 6.64. The molecule has 0 fully saturated rings. The molecule has 0 aliphatic rings. The quantitative estimate of drug-likeness (QED) is 0.208. The molecular formula is C21H14F13N3O. The van der Waals surface area contributed by atoms with Crippen LogP contribution in [0, 0.1) is 0 Å².